The number of hydrogen-bond donors (Lipinski definition) is 1. The highest BCUT2D eigenvalue weighted by Crippen LogP contribution is 2.39. The highest BCUT2D eigenvalue weighted by Gasteiger charge is 2.41. The van der Waals surface area contributed by atoms with Crippen molar-refractivity contribution in [2.45, 2.75) is 18.9 Å². The summed E-state index contributed by atoms with van der Waals surface area (Å²) < 4.78 is 10.7. The maximum absolute atomic E-state index is 5.42. The van der Waals surface area contributed by atoms with E-state index in [4.69, 9.17) is 9.47 Å². The Morgan fingerprint density at radius 1 is 1.21 bits per heavy atom. The molecule has 1 saturated heterocycles. The molecule has 0 amide bonds. The number of aliphatic imine (C=N–C) groups is 1. The molecule has 24 heavy (non-hydrogen) atoms. The molecular weight excluding hydrogens is 300 g/mol. The molecule has 4 heteroatoms. The van der Waals surface area contributed by atoms with E-state index in [1.807, 2.05) is 18.3 Å². The fraction of sp³-hybridized carbons (Fsp3) is 0.350. The van der Waals surface area contributed by atoms with Crippen molar-refractivity contribution in [1.29, 1.82) is 0 Å². The van der Waals surface area contributed by atoms with Crippen LogP contribution < -0.4 is 14.8 Å². The summed E-state index contributed by atoms with van der Waals surface area (Å²) in [4.78, 5) is 4.68. The van der Waals surface area contributed by atoms with Crippen molar-refractivity contribution in [3.63, 3.8) is 0 Å². The number of allylic oxidation sites excluding steroid dienone is 4. The van der Waals surface area contributed by atoms with E-state index in [1.165, 1.54) is 17.0 Å². The van der Waals surface area contributed by atoms with Crippen LogP contribution in [0.5, 0.6) is 11.5 Å². The van der Waals surface area contributed by atoms with Crippen LogP contribution in [-0.4, -0.2) is 26.0 Å². The Kier molecular flexibility index (Phi) is 3.89. The third kappa shape index (κ3) is 2.52. The molecular formula is C20H22N2O2. The quantitative estimate of drug-likeness (QED) is 0.925. The summed E-state index contributed by atoms with van der Waals surface area (Å²) in [5.41, 5.74) is 3.72. The van der Waals surface area contributed by atoms with Crippen molar-refractivity contribution in [2.75, 3.05) is 14.2 Å². The van der Waals surface area contributed by atoms with Gasteiger partial charge in [-0.05, 0) is 30.2 Å². The number of nitrogens with zero attached hydrogens (tertiary/aromatic N) is 1. The van der Waals surface area contributed by atoms with Gasteiger partial charge in [-0.15, -0.1) is 0 Å². The molecule has 0 saturated carbocycles. The maximum Gasteiger partial charge on any atom is 0.160 e. The lowest BCUT2D eigenvalue weighted by Crippen LogP contribution is -2.37. The molecule has 124 valence electrons. The fourth-order valence-corrected chi connectivity index (χ4v) is 3.90. The second-order valence-electron chi connectivity index (χ2n) is 6.42. The van der Waals surface area contributed by atoms with Crippen LogP contribution in [-0.2, 0) is 6.42 Å². The van der Waals surface area contributed by atoms with Crippen LogP contribution in [0, 0.1) is 11.8 Å². The zero-order chi connectivity index (χ0) is 16.5. The topological polar surface area (TPSA) is 42.8 Å². The average molecular weight is 322 g/mol. The summed E-state index contributed by atoms with van der Waals surface area (Å²) in [7, 11) is 3.32. The summed E-state index contributed by atoms with van der Waals surface area (Å²) in [5.74, 6) is 2.57. The van der Waals surface area contributed by atoms with E-state index in [-0.39, 0.29) is 0 Å². The van der Waals surface area contributed by atoms with E-state index in [9.17, 15) is 0 Å². The Balaban J connectivity index is 1.57. The molecule has 3 aliphatic rings. The first-order valence-electron chi connectivity index (χ1n) is 8.37. The largest absolute Gasteiger partial charge is 0.493 e. The van der Waals surface area contributed by atoms with Crippen molar-refractivity contribution in [2.24, 2.45) is 16.8 Å². The van der Waals surface area contributed by atoms with E-state index >= 15 is 0 Å². The number of rotatable bonds is 4. The molecule has 1 N–H and O–H groups in total. The first kappa shape index (κ1) is 15.1. The van der Waals surface area contributed by atoms with Crippen molar-refractivity contribution in [1.82, 2.24) is 5.32 Å². The molecule has 0 aromatic heterocycles. The molecule has 2 heterocycles. The van der Waals surface area contributed by atoms with Crippen molar-refractivity contribution in [3.05, 3.63) is 60.0 Å². The lowest BCUT2D eigenvalue weighted by Gasteiger charge is -2.24. The van der Waals surface area contributed by atoms with Gasteiger partial charge in [0.2, 0.25) is 0 Å². The van der Waals surface area contributed by atoms with Gasteiger partial charge in [-0.3, -0.25) is 4.99 Å². The van der Waals surface area contributed by atoms with Crippen molar-refractivity contribution >= 4 is 5.71 Å². The number of nitrogens with one attached hydrogen (secondary N) is 1. The molecule has 1 aliphatic carbocycles. The second kappa shape index (κ2) is 6.19. The predicted molar refractivity (Wildman–Crippen MR) is 95.6 cm³/mol. The number of hydrogen-bond acceptors (Lipinski definition) is 4. The maximum atomic E-state index is 5.42. The first-order valence-corrected chi connectivity index (χ1v) is 8.37. The third-order valence-corrected chi connectivity index (χ3v) is 5.11. The van der Waals surface area contributed by atoms with Gasteiger partial charge in [-0.1, -0.05) is 24.3 Å². The summed E-state index contributed by atoms with van der Waals surface area (Å²) in [6.07, 6.45) is 12.7. The van der Waals surface area contributed by atoms with E-state index < -0.39 is 0 Å². The monoisotopic (exact) mass is 322 g/mol. The van der Waals surface area contributed by atoms with Gasteiger partial charge < -0.3 is 14.8 Å². The Morgan fingerprint density at radius 2 is 2.08 bits per heavy atom. The minimum Gasteiger partial charge on any atom is -0.493 e. The van der Waals surface area contributed by atoms with Gasteiger partial charge in [0.15, 0.2) is 11.5 Å². The minimum absolute atomic E-state index is 0.291. The molecule has 4 rings (SSSR count). The lowest BCUT2D eigenvalue weighted by molar-refractivity contribution is 0.354. The molecule has 0 bridgehead atoms. The third-order valence-electron chi connectivity index (χ3n) is 5.11. The molecule has 3 atom stereocenters. The highest BCUT2D eigenvalue weighted by atomic mass is 16.5. The molecule has 3 unspecified atom stereocenters. The summed E-state index contributed by atoms with van der Waals surface area (Å²) in [6.45, 7) is 0. The van der Waals surface area contributed by atoms with Gasteiger partial charge in [-0.25, -0.2) is 0 Å². The molecule has 2 aliphatic heterocycles. The molecule has 1 aromatic carbocycles. The summed E-state index contributed by atoms with van der Waals surface area (Å²) in [6, 6.07) is 6.37. The first-order chi connectivity index (χ1) is 11.8. The molecule has 0 spiro atoms. The van der Waals surface area contributed by atoms with Gasteiger partial charge in [0.1, 0.15) is 0 Å². The second-order valence-corrected chi connectivity index (χ2v) is 6.42. The Morgan fingerprint density at radius 3 is 2.92 bits per heavy atom. The molecule has 1 fully saturated rings. The van der Waals surface area contributed by atoms with E-state index in [0.29, 0.717) is 17.9 Å². The fourth-order valence-electron chi connectivity index (χ4n) is 3.90. The molecule has 1 aromatic rings. The standard InChI is InChI=1S/C20H22N2O2/c1-23-18-8-7-13(12-19(18)24-2)11-17-20-15(9-10-21-17)14-5-3-4-6-16(14)22-20/h3-4,6-10,12,14-15,20,22H,5,11H2,1-2H3. The van der Waals surface area contributed by atoms with Crippen LogP contribution in [0.1, 0.15) is 12.0 Å². The van der Waals surface area contributed by atoms with Crippen LogP contribution in [0.2, 0.25) is 0 Å². The van der Waals surface area contributed by atoms with E-state index in [2.05, 4.69) is 40.7 Å². The number of methoxy groups -OCH3 is 2. The molecule has 0 radical (unpaired) electrons. The zero-order valence-electron chi connectivity index (χ0n) is 14.0. The lowest BCUT2D eigenvalue weighted by atomic mass is 9.81. The Bertz CT molecular complexity index is 761. The van der Waals surface area contributed by atoms with Gasteiger partial charge in [0, 0.05) is 35.9 Å². The van der Waals surface area contributed by atoms with Crippen LogP contribution in [0.3, 0.4) is 0 Å². The van der Waals surface area contributed by atoms with Gasteiger partial charge in [-0.2, -0.15) is 0 Å². The Hall–Kier alpha value is -2.49. The van der Waals surface area contributed by atoms with Crippen molar-refractivity contribution in [3.8, 4) is 11.5 Å². The predicted octanol–water partition coefficient (Wildman–Crippen LogP) is 3.26. The SMILES string of the molecule is COc1ccc(CC2=NC=CC3C4CC=CC=C4NC23)cc1OC. The number of benzene rings is 1. The van der Waals surface area contributed by atoms with Crippen LogP contribution in [0.4, 0.5) is 0 Å². The Labute approximate surface area is 142 Å². The molecule has 4 nitrogen and oxygen atoms in total. The zero-order valence-corrected chi connectivity index (χ0v) is 14.0. The van der Waals surface area contributed by atoms with Gasteiger partial charge in [0.05, 0.1) is 20.3 Å². The number of ether oxygens (including phenoxy) is 2. The van der Waals surface area contributed by atoms with E-state index in [1.54, 1.807) is 14.2 Å². The van der Waals surface area contributed by atoms with Crippen LogP contribution in [0.15, 0.2) is 59.4 Å². The van der Waals surface area contributed by atoms with Gasteiger partial charge >= 0.3 is 0 Å². The van der Waals surface area contributed by atoms with Gasteiger partial charge in [0.25, 0.3) is 0 Å². The highest BCUT2D eigenvalue weighted by molar-refractivity contribution is 5.94. The number of fused-ring (bicyclic) bond motifs is 3. The minimum atomic E-state index is 0.291. The normalized spacial score (nSPS) is 26.8. The summed E-state index contributed by atoms with van der Waals surface area (Å²) in [5, 5.41) is 3.69. The van der Waals surface area contributed by atoms with E-state index in [0.717, 1.165) is 24.3 Å². The summed E-state index contributed by atoms with van der Waals surface area (Å²) >= 11 is 0. The van der Waals surface area contributed by atoms with Crippen LogP contribution >= 0.6 is 0 Å². The smallest absolute Gasteiger partial charge is 0.160 e. The van der Waals surface area contributed by atoms with Crippen LogP contribution in [0.25, 0.3) is 0 Å². The van der Waals surface area contributed by atoms with Crippen molar-refractivity contribution < 1.29 is 9.47 Å². The average Bonchev–Trinajstić information content (AvgIpc) is 3.01.